The van der Waals surface area contributed by atoms with E-state index in [1.54, 1.807) is 7.11 Å². The van der Waals surface area contributed by atoms with Crippen molar-refractivity contribution in [1.82, 2.24) is 0 Å². The van der Waals surface area contributed by atoms with E-state index < -0.39 is 0 Å². The summed E-state index contributed by atoms with van der Waals surface area (Å²) in [4.78, 5) is 2.22. The number of anilines is 2. The van der Waals surface area contributed by atoms with E-state index in [0.29, 0.717) is 6.04 Å². The van der Waals surface area contributed by atoms with Crippen molar-refractivity contribution in [1.29, 1.82) is 0 Å². The van der Waals surface area contributed by atoms with Gasteiger partial charge in [-0.05, 0) is 31.5 Å². The average molecular weight is 208 g/mol. The lowest BCUT2D eigenvalue weighted by Gasteiger charge is -2.27. The van der Waals surface area contributed by atoms with Gasteiger partial charge in [-0.3, -0.25) is 0 Å². The summed E-state index contributed by atoms with van der Waals surface area (Å²) in [5.74, 6) is 0. The maximum atomic E-state index is 5.75. The van der Waals surface area contributed by atoms with Crippen LogP contribution in [0.2, 0.25) is 0 Å². The SMILES string of the molecule is COCCC(C)N(C)c1cccc(N)c1. The standard InChI is InChI=1S/C12H20N2O/c1-10(7-8-15-3)14(2)12-6-4-5-11(13)9-12/h4-6,9-10H,7-8,13H2,1-3H3. The van der Waals surface area contributed by atoms with Crippen molar-refractivity contribution in [2.75, 3.05) is 31.4 Å². The number of hydrogen-bond acceptors (Lipinski definition) is 3. The zero-order chi connectivity index (χ0) is 11.3. The van der Waals surface area contributed by atoms with Gasteiger partial charge in [0.25, 0.3) is 0 Å². The molecule has 0 saturated carbocycles. The van der Waals surface area contributed by atoms with E-state index in [0.717, 1.165) is 24.4 Å². The summed E-state index contributed by atoms with van der Waals surface area (Å²) < 4.78 is 5.07. The van der Waals surface area contributed by atoms with Gasteiger partial charge in [-0.2, -0.15) is 0 Å². The molecular weight excluding hydrogens is 188 g/mol. The van der Waals surface area contributed by atoms with Crippen LogP contribution < -0.4 is 10.6 Å². The first-order valence-corrected chi connectivity index (χ1v) is 5.22. The molecule has 84 valence electrons. The quantitative estimate of drug-likeness (QED) is 0.753. The van der Waals surface area contributed by atoms with Gasteiger partial charge in [-0.15, -0.1) is 0 Å². The maximum Gasteiger partial charge on any atom is 0.0481 e. The summed E-state index contributed by atoms with van der Waals surface area (Å²) >= 11 is 0. The highest BCUT2D eigenvalue weighted by Gasteiger charge is 2.09. The zero-order valence-electron chi connectivity index (χ0n) is 9.73. The van der Waals surface area contributed by atoms with Crippen LogP contribution in [0.4, 0.5) is 11.4 Å². The molecule has 2 N–H and O–H groups in total. The topological polar surface area (TPSA) is 38.5 Å². The second-order valence-electron chi connectivity index (χ2n) is 3.84. The minimum Gasteiger partial charge on any atom is -0.399 e. The average Bonchev–Trinajstić information content (AvgIpc) is 2.24. The molecule has 3 heteroatoms. The normalized spacial score (nSPS) is 12.5. The van der Waals surface area contributed by atoms with E-state index in [2.05, 4.69) is 24.9 Å². The highest BCUT2D eigenvalue weighted by molar-refractivity contribution is 5.55. The fourth-order valence-electron chi connectivity index (χ4n) is 1.48. The Kier molecular flexibility index (Phi) is 4.43. The molecule has 0 aliphatic heterocycles. The summed E-state index contributed by atoms with van der Waals surface area (Å²) in [6.07, 6.45) is 1.02. The van der Waals surface area contributed by atoms with Crippen LogP contribution in [0.25, 0.3) is 0 Å². The van der Waals surface area contributed by atoms with Crippen molar-refractivity contribution >= 4 is 11.4 Å². The number of nitrogens with zero attached hydrogens (tertiary/aromatic N) is 1. The number of hydrogen-bond donors (Lipinski definition) is 1. The van der Waals surface area contributed by atoms with Gasteiger partial charge in [0.15, 0.2) is 0 Å². The molecule has 0 fully saturated rings. The number of ether oxygens (including phenoxy) is 1. The fraction of sp³-hybridized carbons (Fsp3) is 0.500. The molecule has 0 saturated heterocycles. The van der Waals surface area contributed by atoms with Crippen molar-refractivity contribution in [2.24, 2.45) is 0 Å². The van der Waals surface area contributed by atoms with Gasteiger partial charge < -0.3 is 15.4 Å². The van der Waals surface area contributed by atoms with Crippen molar-refractivity contribution < 1.29 is 4.74 Å². The Hall–Kier alpha value is -1.22. The maximum absolute atomic E-state index is 5.75. The van der Waals surface area contributed by atoms with Crippen LogP contribution in [0.3, 0.4) is 0 Å². The van der Waals surface area contributed by atoms with E-state index >= 15 is 0 Å². The van der Waals surface area contributed by atoms with E-state index in [1.807, 2.05) is 18.2 Å². The summed E-state index contributed by atoms with van der Waals surface area (Å²) in [6.45, 7) is 2.97. The van der Waals surface area contributed by atoms with E-state index in [-0.39, 0.29) is 0 Å². The summed E-state index contributed by atoms with van der Waals surface area (Å²) in [5.41, 5.74) is 7.70. The van der Waals surface area contributed by atoms with Crippen LogP contribution in [0.15, 0.2) is 24.3 Å². The summed E-state index contributed by atoms with van der Waals surface area (Å²) in [5, 5.41) is 0. The molecule has 0 heterocycles. The van der Waals surface area contributed by atoms with Crippen LogP contribution in [0, 0.1) is 0 Å². The van der Waals surface area contributed by atoms with Crippen molar-refractivity contribution in [3.63, 3.8) is 0 Å². The first kappa shape index (κ1) is 11.9. The number of methoxy groups -OCH3 is 1. The zero-order valence-corrected chi connectivity index (χ0v) is 9.73. The molecule has 1 aromatic rings. The second kappa shape index (κ2) is 5.61. The molecule has 0 radical (unpaired) electrons. The summed E-state index contributed by atoms with van der Waals surface area (Å²) in [6, 6.07) is 8.39. The van der Waals surface area contributed by atoms with Gasteiger partial charge in [0.05, 0.1) is 0 Å². The second-order valence-corrected chi connectivity index (χ2v) is 3.84. The van der Waals surface area contributed by atoms with Gasteiger partial charge in [-0.25, -0.2) is 0 Å². The first-order chi connectivity index (χ1) is 7.15. The molecule has 1 atom stereocenters. The molecule has 0 aliphatic carbocycles. The molecule has 3 nitrogen and oxygen atoms in total. The number of rotatable bonds is 5. The lowest BCUT2D eigenvalue weighted by atomic mass is 10.2. The van der Waals surface area contributed by atoms with Crippen LogP contribution >= 0.6 is 0 Å². The van der Waals surface area contributed by atoms with Crippen molar-refractivity contribution in [2.45, 2.75) is 19.4 Å². The van der Waals surface area contributed by atoms with Crippen LogP contribution in [0.1, 0.15) is 13.3 Å². The third-order valence-electron chi connectivity index (χ3n) is 2.68. The molecule has 1 rings (SSSR count). The Bertz CT molecular complexity index is 301. The van der Waals surface area contributed by atoms with E-state index in [1.165, 1.54) is 0 Å². The molecular formula is C12H20N2O. The molecule has 1 aromatic carbocycles. The van der Waals surface area contributed by atoms with Crippen LogP contribution in [-0.2, 0) is 4.74 Å². The molecule has 0 aromatic heterocycles. The fourth-order valence-corrected chi connectivity index (χ4v) is 1.48. The van der Waals surface area contributed by atoms with Crippen LogP contribution in [0.5, 0.6) is 0 Å². The molecule has 0 bridgehead atoms. The van der Waals surface area contributed by atoms with Crippen LogP contribution in [-0.4, -0.2) is 26.8 Å². The minimum atomic E-state index is 0.451. The lowest BCUT2D eigenvalue weighted by Crippen LogP contribution is -2.29. The Morgan fingerprint density at radius 3 is 2.80 bits per heavy atom. The molecule has 0 amide bonds. The monoisotopic (exact) mass is 208 g/mol. The van der Waals surface area contributed by atoms with Gasteiger partial charge >= 0.3 is 0 Å². The Labute approximate surface area is 91.8 Å². The van der Waals surface area contributed by atoms with Gasteiger partial charge in [-0.1, -0.05) is 6.07 Å². The highest BCUT2D eigenvalue weighted by Crippen LogP contribution is 2.19. The Morgan fingerprint density at radius 2 is 2.20 bits per heavy atom. The summed E-state index contributed by atoms with van der Waals surface area (Å²) in [7, 11) is 3.81. The lowest BCUT2D eigenvalue weighted by molar-refractivity contribution is 0.189. The van der Waals surface area contributed by atoms with Gasteiger partial charge in [0.1, 0.15) is 0 Å². The first-order valence-electron chi connectivity index (χ1n) is 5.22. The number of benzene rings is 1. The highest BCUT2D eigenvalue weighted by atomic mass is 16.5. The Morgan fingerprint density at radius 1 is 1.47 bits per heavy atom. The largest absolute Gasteiger partial charge is 0.399 e. The molecule has 15 heavy (non-hydrogen) atoms. The smallest absolute Gasteiger partial charge is 0.0481 e. The number of nitrogen functional groups attached to an aromatic ring is 1. The van der Waals surface area contributed by atoms with Crippen molar-refractivity contribution in [3.05, 3.63) is 24.3 Å². The number of nitrogens with two attached hydrogens (primary N) is 1. The molecule has 0 aliphatic rings. The predicted molar refractivity (Wildman–Crippen MR) is 65.2 cm³/mol. The van der Waals surface area contributed by atoms with Gasteiger partial charge in [0.2, 0.25) is 0 Å². The van der Waals surface area contributed by atoms with E-state index in [9.17, 15) is 0 Å². The molecule has 0 spiro atoms. The van der Waals surface area contributed by atoms with E-state index in [4.69, 9.17) is 10.5 Å². The van der Waals surface area contributed by atoms with Crippen molar-refractivity contribution in [3.8, 4) is 0 Å². The third kappa shape index (κ3) is 3.44. The third-order valence-corrected chi connectivity index (χ3v) is 2.68. The predicted octanol–water partition coefficient (Wildman–Crippen LogP) is 2.13. The van der Waals surface area contributed by atoms with Gasteiger partial charge in [0, 0.05) is 38.2 Å². The minimum absolute atomic E-state index is 0.451. The Balaban J connectivity index is 2.62. The molecule has 1 unspecified atom stereocenters.